The number of amides is 2. The van der Waals surface area contributed by atoms with E-state index in [1.807, 2.05) is 9.80 Å². The Hall–Kier alpha value is -0.810. The van der Waals surface area contributed by atoms with Crippen LogP contribution in [-0.2, 0) is 9.59 Å². The molecule has 22 heavy (non-hydrogen) atoms. The molecule has 0 spiro atoms. The van der Waals surface area contributed by atoms with Crippen molar-refractivity contribution in [1.29, 1.82) is 0 Å². The van der Waals surface area contributed by atoms with Crippen LogP contribution >= 0.6 is 12.4 Å². The van der Waals surface area contributed by atoms with Crippen LogP contribution in [-0.4, -0.2) is 60.4 Å². The van der Waals surface area contributed by atoms with E-state index in [1.54, 1.807) is 0 Å². The van der Waals surface area contributed by atoms with Gasteiger partial charge < -0.3 is 15.1 Å². The van der Waals surface area contributed by atoms with Crippen LogP contribution in [0, 0.1) is 17.8 Å². The zero-order chi connectivity index (χ0) is 15.0. The van der Waals surface area contributed by atoms with Crippen LogP contribution in [0.2, 0.25) is 0 Å². The van der Waals surface area contributed by atoms with E-state index in [0.717, 1.165) is 39.0 Å². The molecule has 3 aliphatic rings. The molecule has 1 N–H and O–H groups in total. The quantitative estimate of drug-likeness (QED) is 0.841. The summed E-state index contributed by atoms with van der Waals surface area (Å²) in [4.78, 5) is 28.9. The van der Waals surface area contributed by atoms with Gasteiger partial charge in [0.25, 0.3) is 0 Å². The van der Waals surface area contributed by atoms with Crippen molar-refractivity contribution in [1.82, 2.24) is 15.1 Å². The molecule has 1 unspecified atom stereocenters. The van der Waals surface area contributed by atoms with Gasteiger partial charge in [-0.2, -0.15) is 0 Å². The fraction of sp³-hybridized carbons (Fsp3) is 0.875. The van der Waals surface area contributed by atoms with Gasteiger partial charge in [-0.3, -0.25) is 9.59 Å². The summed E-state index contributed by atoms with van der Waals surface area (Å²) in [5, 5.41) is 3.40. The highest BCUT2D eigenvalue weighted by atomic mass is 35.5. The Labute approximate surface area is 139 Å². The maximum Gasteiger partial charge on any atom is 0.228 e. The maximum absolute atomic E-state index is 12.7. The second kappa shape index (κ2) is 7.18. The van der Waals surface area contributed by atoms with Gasteiger partial charge in [-0.05, 0) is 24.7 Å². The summed E-state index contributed by atoms with van der Waals surface area (Å²) in [6, 6.07) is 0.303. The number of rotatable bonds is 4. The van der Waals surface area contributed by atoms with Gasteiger partial charge in [0.1, 0.15) is 0 Å². The van der Waals surface area contributed by atoms with E-state index in [0.29, 0.717) is 30.8 Å². The number of nitrogens with one attached hydrogen (secondary N) is 1. The number of nitrogens with zero attached hydrogens (tertiary/aromatic N) is 2. The third-order valence-corrected chi connectivity index (χ3v) is 5.59. The highest BCUT2D eigenvalue weighted by molar-refractivity contribution is 5.89. The van der Waals surface area contributed by atoms with Crippen LogP contribution in [0.3, 0.4) is 0 Å². The topological polar surface area (TPSA) is 52.7 Å². The van der Waals surface area contributed by atoms with Crippen molar-refractivity contribution < 1.29 is 9.59 Å². The van der Waals surface area contributed by atoms with Gasteiger partial charge in [-0.1, -0.05) is 13.8 Å². The lowest BCUT2D eigenvalue weighted by Gasteiger charge is -2.27. The predicted octanol–water partition coefficient (Wildman–Crippen LogP) is 1.12. The lowest BCUT2D eigenvalue weighted by molar-refractivity contribution is -0.135. The van der Waals surface area contributed by atoms with Gasteiger partial charge in [0, 0.05) is 45.2 Å². The van der Waals surface area contributed by atoms with Crippen molar-refractivity contribution in [3.63, 3.8) is 0 Å². The molecule has 3 fully saturated rings. The Morgan fingerprint density at radius 3 is 2.32 bits per heavy atom. The van der Waals surface area contributed by atoms with E-state index < -0.39 is 0 Å². The summed E-state index contributed by atoms with van der Waals surface area (Å²) in [5.41, 5.74) is 0. The highest BCUT2D eigenvalue weighted by Crippen LogP contribution is 2.30. The van der Waals surface area contributed by atoms with Gasteiger partial charge in [0.2, 0.25) is 11.8 Å². The number of hydrogen-bond donors (Lipinski definition) is 1. The number of fused-ring (bicyclic) bond motifs is 1. The van der Waals surface area contributed by atoms with Crippen LogP contribution in [0.15, 0.2) is 0 Å². The average Bonchev–Trinajstić information content (AvgIpc) is 3.14. The largest absolute Gasteiger partial charge is 0.342 e. The molecule has 0 aliphatic carbocycles. The van der Waals surface area contributed by atoms with Crippen LogP contribution < -0.4 is 5.32 Å². The second-order valence-electron chi connectivity index (χ2n) is 6.84. The molecule has 0 aromatic heterocycles. The molecule has 0 radical (unpaired) electrons. The Morgan fingerprint density at radius 2 is 1.77 bits per heavy atom. The molecule has 126 valence electrons. The third kappa shape index (κ3) is 3.11. The van der Waals surface area contributed by atoms with Crippen LogP contribution in [0.25, 0.3) is 0 Å². The van der Waals surface area contributed by atoms with Crippen molar-refractivity contribution in [2.24, 2.45) is 17.8 Å². The molecule has 6 heteroatoms. The maximum atomic E-state index is 12.7. The summed E-state index contributed by atoms with van der Waals surface area (Å²) >= 11 is 0. The lowest BCUT2D eigenvalue weighted by Crippen LogP contribution is -2.39. The molecule has 0 aromatic rings. The van der Waals surface area contributed by atoms with E-state index in [1.165, 1.54) is 0 Å². The molecular weight excluding hydrogens is 302 g/mol. The monoisotopic (exact) mass is 329 g/mol. The number of likely N-dealkylation sites (tertiary alicyclic amines) is 2. The first-order valence-electron chi connectivity index (χ1n) is 8.43. The van der Waals surface area contributed by atoms with Gasteiger partial charge in [-0.15, -0.1) is 12.4 Å². The lowest BCUT2D eigenvalue weighted by atomic mass is 10.0. The Balaban J connectivity index is 0.00000176. The molecular formula is C16H28ClN3O2. The second-order valence-corrected chi connectivity index (χ2v) is 6.84. The van der Waals surface area contributed by atoms with Crippen molar-refractivity contribution in [3.05, 3.63) is 0 Å². The standard InChI is InChI=1S/C16H27N3O2.ClH/c1-3-14(4-2)19-10-11(5-15(19)20)16(21)18-8-12-6-17-7-13(12)9-18;/h11-14,17H,3-10H2,1-2H3;1H/t11?,12-,13+;. The number of hydrogen-bond acceptors (Lipinski definition) is 3. The van der Waals surface area contributed by atoms with Gasteiger partial charge in [-0.25, -0.2) is 0 Å². The molecule has 3 rings (SSSR count). The summed E-state index contributed by atoms with van der Waals surface area (Å²) in [6.45, 7) is 8.71. The van der Waals surface area contributed by atoms with E-state index in [-0.39, 0.29) is 30.1 Å². The third-order valence-electron chi connectivity index (χ3n) is 5.59. The first-order valence-corrected chi connectivity index (χ1v) is 8.43. The number of carbonyl (C=O) groups excluding carboxylic acids is 2. The molecule has 5 nitrogen and oxygen atoms in total. The van der Waals surface area contributed by atoms with E-state index in [2.05, 4.69) is 19.2 Å². The van der Waals surface area contributed by atoms with Crippen LogP contribution in [0.4, 0.5) is 0 Å². The first-order chi connectivity index (χ1) is 10.1. The number of carbonyl (C=O) groups is 2. The molecule has 2 amide bonds. The van der Waals surface area contributed by atoms with Gasteiger partial charge >= 0.3 is 0 Å². The molecule has 0 saturated carbocycles. The smallest absolute Gasteiger partial charge is 0.228 e. The Kier molecular flexibility index (Phi) is 5.72. The predicted molar refractivity (Wildman–Crippen MR) is 87.9 cm³/mol. The van der Waals surface area contributed by atoms with Gasteiger partial charge in [0.05, 0.1) is 5.92 Å². The van der Waals surface area contributed by atoms with Crippen molar-refractivity contribution >= 4 is 24.2 Å². The Bertz CT molecular complexity index is 416. The summed E-state index contributed by atoms with van der Waals surface area (Å²) in [7, 11) is 0. The van der Waals surface area contributed by atoms with Crippen molar-refractivity contribution in [3.8, 4) is 0 Å². The van der Waals surface area contributed by atoms with Crippen LogP contribution in [0.1, 0.15) is 33.1 Å². The summed E-state index contributed by atoms with van der Waals surface area (Å²) < 4.78 is 0. The van der Waals surface area contributed by atoms with Gasteiger partial charge in [0.15, 0.2) is 0 Å². The zero-order valence-corrected chi connectivity index (χ0v) is 14.4. The van der Waals surface area contributed by atoms with Crippen molar-refractivity contribution in [2.45, 2.75) is 39.2 Å². The van der Waals surface area contributed by atoms with E-state index in [9.17, 15) is 9.59 Å². The first kappa shape index (κ1) is 17.5. The highest BCUT2D eigenvalue weighted by Gasteiger charge is 2.43. The minimum atomic E-state index is -0.107. The minimum Gasteiger partial charge on any atom is -0.342 e. The molecule has 3 aliphatic heterocycles. The molecule has 0 bridgehead atoms. The number of halogens is 1. The molecule has 3 saturated heterocycles. The van der Waals surface area contributed by atoms with E-state index in [4.69, 9.17) is 0 Å². The fourth-order valence-electron chi connectivity index (χ4n) is 4.27. The zero-order valence-electron chi connectivity index (χ0n) is 13.6. The molecule has 0 aromatic carbocycles. The van der Waals surface area contributed by atoms with Crippen molar-refractivity contribution in [2.75, 3.05) is 32.7 Å². The fourth-order valence-corrected chi connectivity index (χ4v) is 4.27. The molecule has 3 atom stereocenters. The summed E-state index contributed by atoms with van der Waals surface area (Å²) in [5.74, 6) is 1.53. The van der Waals surface area contributed by atoms with Crippen LogP contribution in [0.5, 0.6) is 0 Å². The molecule has 3 heterocycles. The summed E-state index contributed by atoms with van der Waals surface area (Å²) in [6.07, 6.45) is 2.37. The minimum absolute atomic E-state index is 0. The normalized spacial score (nSPS) is 30.9. The Morgan fingerprint density at radius 1 is 1.18 bits per heavy atom. The van der Waals surface area contributed by atoms with E-state index >= 15 is 0 Å². The SMILES string of the molecule is CCC(CC)N1CC(C(=O)N2C[C@H]3CNC[C@H]3C2)CC1=O.Cl. The average molecular weight is 330 g/mol.